The average Bonchev–Trinajstić information content (AvgIpc) is 3.03. The monoisotopic (exact) mass is 275 g/mol. The number of nitrogens with one attached hydrogen (secondary N) is 2. The predicted molar refractivity (Wildman–Crippen MR) is 68.8 cm³/mol. The average molecular weight is 275 g/mol. The van der Waals surface area contributed by atoms with Crippen LogP contribution in [0, 0.1) is 0 Å². The summed E-state index contributed by atoms with van der Waals surface area (Å²) in [7, 11) is 0. The summed E-state index contributed by atoms with van der Waals surface area (Å²) in [6.07, 6.45) is -0.554. The maximum Gasteiger partial charge on any atom is 0.255 e. The van der Waals surface area contributed by atoms with Gasteiger partial charge in [-0.1, -0.05) is 0 Å². The number of hydrogen-bond acceptors (Lipinski definition) is 6. The van der Waals surface area contributed by atoms with E-state index in [0.29, 0.717) is 24.7 Å². The van der Waals surface area contributed by atoms with E-state index in [4.69, 9.17) is 9.47 Å². The molecule has 2 aromatic rings. The summed E-state index contributed by atoms with van der Waals surface area (Å²) in [6, 6.07) is 7.19. The Morgan fingerprint density at radius 1 is 1.30 bits per heavy atom. The van der Waals surface area contributed by atoms with Crippen molar-refractivity contribution in [2.75, 3.05) is 25.1 Å². The van der Waals surface area contributed by atoms with Crippen LogP contribution in [0.5, 0.6) is 0 Å². The molecule has 1 aliphatic heterocycles. The number of aromatic nitrogens is 4. The number of H-pyrrole nitrogens is 1. The fraction of sp³-hybridized carbons (Fsp3) is 0.333. The molecule has 1 aliphatic rings. The molecule has 1 atom stereocenters. The maximum atomic E-state index is 11.9. The molecule has 104 valence electrons. The van der Waals surface area contributed by atoms with Gasteiger partial charge >= 0.3 is 0 Å². The molecule has 1 aromatic heterocycles. The Labute approximate surface area is 114 Å². The molecule has 20 heavy (non-hydrogen) atoms. The number of nitrogens with zero attached hydrogens (tertiary/aromatic N) is 3. The minimum Gasteiger partial charge on any atom is -0.376 e. The predicted octanol–water partition coefficient (Wildman–Crippen LogP) is 0.221. The number of aromatic amines is 1. The van der Waals surface area contributed by atoms with Crippen molar-refractivity contribution >= 4 is 11.6 Å². The van der Waals surface area contributed by atoms with E-state index in [9.17, 15) is 4.79 Å². The van der Waals surface area contributed by atoms with E-state index in [-0.39, 0.29) is 12.5 Å². The molecule has 8 nitrogen and oxygen atoms in total. The van der Waals surface area contributed by atoms with Crippen molar-refractivity contribution in [2.45, 2.75) is 6.10 Å². The molecule has 0 aliphatic carbocycles. The number of tetrazole rings is 1. The summed E-state index contributed by atoms with van der Waals surface area (Å²) in [5, 5.41) is 16.3. The van der Waals surface area contributed by atoms with Gasteiger partial charge in [-0.05, 0) is 34.7 Å². The lowest BCUT2D eigenvalue weighted by Crippen LogP contribution is -2.39. The van der Waals surface area contributed by atoms with Crippen molar-refractivity contribution in [3.63, 3.8) is 0 Å². The first-order valence-corrected chi connectivity index (χ1v) is 6.17. The van der Waals surface area contributed by atoms with Gasteiger partial charge in [0.15, 0.2) is 11.9 Å². The highest BCUT2D eigenvalue weighted by Gasteiger charge is 2.22. The number of benzene rings is 1. The summed E-state index contributed by atoms with van der Waals surface area (Å²) in [6.45, 7) is 1.26. The Morgan fingerprint density at radius 2 is 2.15 bits per heavy atom. The van der Waals surface area contributed by atoms with Crippen LogP contribution < -0.4 is 5.32 Å². The van der Waals surface area contributed by atoms with Gasteiger partial charge < -0.3 is 14.8 Å². The van der Waals surface area contributed by atoms with E-state index < -0.39 is 6.10 Å². The van der Waals surface area contributed by atoms with E-state index in [2.05, 4.69) is 25.9 Å². The lowest BCUT2D eigenvalue weighted by atomic mass is 10.2. The summed E-state index contributed by atoms with van der Waals surface area (Å²) in [4.78, 5) is 11.9. The molecule has 1 fully saturated rings. The molecule has 0 saturated carbocycles. The lowest BCUT2D eigenvalue weighted by molar-refractivity contribution is -0.142. The Bertz CT molecular complexity index is 563. The van der Waals surface area contributed by atoms with Gasteiger partial charge in [0, 0.05) is 11.3 Å². The fourth-order valence-corrected chi connectivity index (χ4v) is 1.85. The van der Waals surface area contributed by atoms with Crippen molar-refractivity contribution in [3.05, 3.63) is 24.3 Å². The van der Waals surface area contributed by atoms with Crippen LogP contribution in [0.3, 0.4) is 0 Å². The first-order chi connectivity index (χ1) is 9.83. The van der Waals surface area contributed by atoms with E-state index in [0.717, 1.165) is 5.56 Å². The smallest absolute Gasteiger partial charge is 0.255 e. The Balaban J connectivity index is 1.64. The molecule has 1 saturated heterocycles. The second kappa shape index (κ2) is 5.76. The zero-order valence-corrected chi connectivity index (χ0v) is 10.6. The summed E-state index contributed by atoms with van der Waals surface area (Å²) < 4.78 is 10.5. The van der Waals surface area contributed by atoms with Crippen LogP contribution in [0.15, 0.2) is 24.3 Å². The van der Waals surface area contributed by atoms with Crippen LogP contribution in [0.25, 0.3) is 11.4 Å². The number of anilines is 1. The van der Waals surface area contributed by atoms with Crippen molar-refractivity contribution in [3.8, 4) is 11.4 Å². The van der Waals surface area contributed by atoms with Gasteiger partial charge in [-0.3, -0.25) is 4.79 Å². The summed E-state index contributed by atoms with van der Waals surface area (Å²) in [5.41, 5.74) is 1.52. The molecule has 0 spiro atoms. The topological polar surface area (TPSA) is 102 Å². The van der Waals surface area contributed by atoms with E-state index in [1.54, 1.807) is 12.1 Å². The van der Waals surface area contributed by atoms with Gasteiger partial charge in [0.2, 0.25) is 0 Å². The molecular weight excluding hydrogens is 262 g/mol. The second-order valence-electron chi connectivity index (χ2n) is 4.25. The van der Waals surface area contributed by atoms with Crippen molar-refractivity contribution in [2.24, 2.45) is 0 Å². The van der Waals surface area contributed by atoms with Gasteiger partial charge in [-0.15, -0.1) is 5.10 Å². The fourth-order valence-electron chi connectivity index (χ4n) is 1.85. The van der Waals surface area contributed by atoms with Crippen LogP contribution in [0.1, 0.15) is 0 Å². The van der Waals surface area contributed by atoms with Crippen molar-refractivity contribution < 1.29 is 14.3 Å². The number of ether oxygens (including phenoxy) is 2. The zero-order chi connectivity index (χ0) is 13.8. The summed E-state index contributed by atoms with van der Waals surface area (Å²) in [5.74, 6) is 0.366. The van der Waals surface area contributed by atoms with E-state index in [1.807, 2.05) is 12.1 Å². The van der Waals surface area contributed by atoms with Crippen LogP contribution in [-0.4, -0.2) is 52.5 Å². The van der Waals surface area contributed by atoms with Gasteiger partial charge in [-0.2, -0.15) is 0 Å². The van der Waals surface area contributed by atoms with Gasteiger partial charge in [0.1, 0.15) is 0 Å². The third kappa shape index (κ3) is 2.81. The number of carbonyl (C=O) groups is 1. The van der Waals surface area contributed by atoms with Crippen LogP contribution in [0.2, 0.25) is 0 Å². The van der Waals surface area contributed by atoms with E-state index >= 15 is 0 Å². The van der Waals surface area contributed by atoms with Crippen LogP contribution in [-0.2, 0) is 14.3 Å². The van der Waals surface area contributed by atoms with Crippen molar-refractivity contribution in [1.29, 1.82) is 0 Å². The third-order valence-electron chi connectivity index (χ3n) is 2.88. The number of amides is 1. The number of rotatable bonds is 3. The molecule has 2 N–H and O–H groups in total. The van der Waals surface area contributed by atoms with Gasteiger partial charge in [-0.25, -0.2) is 5.10 Å². The van der Waals surface area contributed by atoms with Gasteiger partial charge in [0.05, 0.1) is 19.8 Å². The minimum absolute atomic E-state index is 0.209. The van der Waals surface area contributed by atoms with E-state index in [1.165, 1.54) is 0 Å². The molecule has 0 bridgehead atoms. The highest BCUT2D eigenvalue weighted by Crippen LogP contribution is 2.17. The molecule has 0 radical (unpaired) electrons. The number of hydrogen-bond donors (Lipinski definition) is 2. The second-order valence-corrected chi connectivity index (χ2v) is 4.25. The first-order valence-electron chi connectivity index (χ1n) is 6.17. The SMILES string of the molecule is O=C(Nc1ccc(-c2nnn[nH]2)cc1)C1COCCO1. The molecule has 3 rings (SSSR count). The minimum atomic E-state index is -0.554. The third-order valence-corrected chi connectivity index (χ3v) is 2.88. The van der Waals surface area contributed by atoms with Gasteiger partial charge in [0.25, 0.3) is 5.91 Å². The lowest BCUT2D eigenvalue weighted by Gasteiger charge is -2.22. The maximum absolute atomic E-state index is 11.9. The standard InChI is InChI=1S/C12H13N5O3/c18-12(10-7-19-5-6-20-10)13-9-3-1-8(2-4-9)11-14-16-17-15-11/h1-4,10H,5-7H2,(H,13,18)(H,14,15,16,17). The Morgan fingerprint density at radius 3 is 2.80 bits per heavy atom. The molecule has 1 aromatic carbocycles. The first kappa shape index (κ1) is 12.7. The molecule has 1 amide bonds. The van der Waals surface area contributed by atoms with Crippen LogP contribution in [0.4, 0.5) is 5.69 Å². The molecule has 2 heterocycles. The normalized spacial score (nSPS) is 18.7. The molecule has 1 unspecified atom stereocenters. The quantitative estimate of drug-likeness (QED) is 0.830. The van der Waals surface area contributed by atoms with Crippen molar-refractivity contribution in [1.82, 2.24) is 20.6 Å². The molecular formula is C12H13N5O3. The largest absolute Gasteiger partial charge is 0.376 e. The number of carbonyl (C=O) groups excluding carboxylic acids is 1. The Kier molecular flexibility index (Phi) is 3.66. The highest BCUT2D eigenvalue weighted by molar-refractivity contribution is 5.94. The Hall–Kier alpha value is -2.32. The highest BCUT2D eigenvalue weighted by atomic mass is 16.6. The van der Waals surface area contributed by atoms with Crippen LogP contribution >= 0.6 is 0 Å². The summed E-state index contributed by atoms with van der Waals surface area (Å²) >= 11 is 0. The zero-order valence-electron chi connectivity index (χ0n) is 10.6. The molecule has 8 heteroatoms.